The van der Waals surface area contributed by atoms with Crippen molar-refractivity contribution in [2.45, 2.75) is 24.7 Å². The van der Waals surface area contributed by atoms with Gasteiger partial charge in [-0.15, -0.1) is 0 Å². The van der Waals surface area contributed by atoms with E-state index >= 15 is 0 Å². The molecule has 0 bridgehead atoms. The van der Waals surface area contributed by atoms with Crippen LogP contribution >= 0.6 is 0 Å². The Morgan fingerprint density at radius 3 is 1.09 bits per heavy atom. The van der Waals surface area contributed by atoms with Crippen LogP contribution in [0.25, 0.3) is 33.0 Å². The van der Waals surface area contributed by atoms with E-state index in [1.54, 1.807) is 24.3 Å². The lowest BCUT2D eigenvalue weighted by Gasteiger charge is -2.25. The van der Waals surface area contributed by atoms with E-state index in [1.807, 2.05) is 0 Å². The zero-order valence-corrected chi connectivity index (χ0v) is 27.8. The molecule has 2 heterocycles. The molecule has 0 unspecified atom stereocenters. The SMILES string of the molecule is CN1C(=C(C#N)C#N)Nc2cc3c(-c4ccc(C(F)(F)F)cc4C(F)(F)F)c4c(cc3c(-c3ccc(C(F)(F)F)cc3C(F)(F)F)c21)NC(=C(C#N)C#N)N4C. The molecule has 0 saturated carbocycles. The average molecular weight is 789 g/mol. The summed E-state index contributed by atoms with van der Waals surface area (Å²) in [5, 5.41) is 43.1. The summed E-state index contributed by atoms with van der Waals surface area (Å²) < 4.78 is 172. The van der Waals surface area contributed by atoms with E-state index in [2.05, 4.69) is 10.6 Å². The Balaban J connectivity index is 1.91. The number of hydrogen-bond acceptors (Lipinski definition) is 8. The van der Waals surface area contributed by atoms with Crippen LogP contribution < -0.4 is 20.4 Å². The predicted molar refractivity (Wildman–Crippen MR) is 175 cm³/mol. The second-order valence-electron chi connectivity index (χ2n) is 12.2. The van der Waals surface area contributed by atoms with Gasteiger partial charge in [-0.1, -0.05) is 12.1 Å². The highest BCUT2D eigenvalue weighted by atomic mass is 19.4. The summed E-state index contributed by atoms with van der Waals surface area (Å²) in [5.74, 6) is -0.676. The summed E-state index contributed by atoms with van der Waals surface area (Å²) in [5.41, 5.74) is -12.7. The standard InChI is InChI=1S/C36H16F12N8/c1-55-29-25(53-31(55)15(11-49)12-50)9-22-21(27(29)19-5-3-17(33(37,38)39)7-23(19)35(43,44)45)10-26-30(56(2)32(54-26)16(13-51)14-52)28(22)20-6-4-18(34(40,41)42)8-24(20)36(46,47)48/h3-10,53-54H,1-2H3. The Hall–Kier alpha value is -7.06. The van der Waals surface area contributed by atoms with Crippen molar-refractivity contribution in [2.75, 3.05) is 34.5 Å². The first-order chi connectivity index (χ1) is 26.0. The van der Waals surface area contributed by atoms with Crippen molar-refractivity contribution < 1.29 is 52.7 Å². The van der Waals surface area contributed by atoms with E-state index < -0.39 is 91.1 Å². The van der Waals surface area contributed by atoms with Crippen molar-refractivity contribution in [3.8, 4) is 46.5 Å². The van der Waals surface area contributed by atoms with Crippen molar-refractivity contribution >= 4 is 33.5 Å². The third-order valence-electron chi connectivity index (χ3n) is 9.00. The fourth-order valence-electron chi connectivity index (χ4n) is 6.67. The van der Waals surface area contributed by atoms with E-state index in [1.165, 1.54) is 14.1 Å². The van der Waals surface area contributed by atoms with Crippen LogP contribution in [0.3, 0.4) is 0 Å². The molecule has 0 aliphatic carbocycles. The molecule has 4 aromatic rings. The van der Waals surface area contributed by atoms with Crippen LogP contribution in [0.1, 0.15) is 22.3 Å². The molecular formula is C36H16F12N8. The number of rotatable bonds is 2. The molecule has 2 aliphatic rings. The smallest absolute Gasteiger partial charge is 0.338 e. The topological polar surface area (TPSA) is 126 Å². The number of nitriles is 4. The van der Waals surface area contributed by atoms with E-state index in [-0.39, 0.29) is 46.5 Å². The molecule has 4 aromatic carbocycles. The van der Waals surface area contributed by atoms with Gasteiger partial charge in [0, 0.05) is 25.2 Å². The monoisotopic (exact) mass is 788 g/mol. The highest BCUT2D eigenvalue weighted by Crippen LogP contribution is 2.57. The molecule has 0 amide bonds. The van der Waals surface area contributed by atoms with E-state index in [9.17, 15) is 73.7 Å². The molecule has 0 aromatic heterocycles. The molecule has 0 saturated heterocycles. The Labute approximate surface area is 306 Å². The number of hydrogen-bond donors (Lipinski definition) is 2. The van der Waals surface area contributed by atoms with Crippen molar-refractivity contribution in [3.05, 3.63) is 93.6 Å². The predicted octanol–water partition coefficient (Wildman–Crippen LogP) is 10.5. The minimum Gasteiger partial charge on any atom is -0.338 e. The second-order valence-corrected chi connectivity index (χ2v) is 12.2. The third-order valence-corrected chi connectivity index (χ3v) is 9.00. The van der Waals surface area contributed by atoms with Gasteiger partial charge < -0.3 is 20.4 Å². The van der Waals surface area contributed by atoms with Crippen LogP contribution in [0.4, 0.5) is 75.4 Å². The van der Waals surface area contributed by atoms with Gasteiger partial charge in [0.15, 0.2) is 11.1 Å². The lowest BCUT2D eigenvalue weighted by Crippen LogP contribution is -2.18. The first-order valence-electron chi connectivity index (χ1n) is 15.3. The van der Waals surface area contributed by atoms with Crippen molar-refractivity contribution in [3.63, 3.8) is 0 Å². The quantitative estimate of drug-likeness (QED) is 0.152. The van der Waals surface area contributed by atoms with Gasteiger partial charge in [-0.25, -0.2) is 0 Å². The maximum Gasteiger partial charge on any atom is 0.417 e. The fourth-order valence-corrected chi connectivity index (χ4v) is 6.67. The first-order valence-corrected chi connectivity index (χ1v) is 15.3. The van der Waals surface area contributed by atoms with Crippen LogP contribution in [0, 0.1) is 45.3 Å². The Bertz CT molecular complexity index is 2410. The second kappa shape index (κ2) is 12.8. The van der Waals surface area contributed by atoms with Crippen molar-refractivity contribution in [2.24, 2.45) is 0 Å². The molecule has 6 rings (SSSR count). The molecule has 0 atom stereocenters. The van der Waals surface area contributed by atoms with E-state index in [0.717, 1.165) is 21.9 Å². The number of nitrogens with one attached hydrogen (secondary N) is 2. The molecular weight excluding hydrogens is 772 g/mol. The van der Waals surface area contributed by atoms with E-state index in [4.69, 9.17) is 0 Å². The maximum absolute atomic E-state index is 14.8. The fraction of sp³-hybridized carbons (Fsp3) is 0.167. The zero-order chi connectivity index (χ0) is 41.4. The number of nitrogens with zero attached hydrogens (tertiary/aromatic N) is 6. The van der Waals surface area contributed by atoms with Gasteiger partial charge in [0.25, 0.3) is 0 Å². The zero-order valence-electron chi connectivity index (χ0n) is 27.8. The summed E-state index contributed by atoms with van der Waals surface area (Å²) in [6.07, 6.45) is -21.6. The Morgan fingerprint density at radius 1 is 0.500 bits per heavy atom. The number of halogens is 12. The summed E-state index contributed by atoms with van der Waals surface area (Å²) in [4.78, 5) is 2.06. The normalized spacial score (nSPS) is 14.0. The molecule has 0 spiro atoms. The minimum atomic E-state index is -5.52. The lowest BCUT2D eigenvalue weighted by atomic mass is 9.85. The molecule has 20 heteroatoms. The summed E-state index contributed by atoms with van der Waals surface area (Å²) in [6, 6.07) is 9.76. The van der Waals surface area contributed by atoms with Gasteiger partial charge in [0.1, 0.15) is 35.9 Å². The summed E-state index contributed by atoms with van der Waals surface area (Å²) >= 11 is 0. The largest absolute Gasteiger partial charge is 0.417 e. The molecule has 0 fully saturated rings. The molecule has 284 valence electrons. The maximum atomic E-state index is 14.8. The highest BCUT2D eigenvalue weighted by Gasteiger charge is 2.43. The molecule has 0 radical (unpaired) electrons. The van der Waals surface area contributed by atoms with Crippen LogP contribution in [0.2, 0.25) is 0 Å². The summed E-state index contributed by atoms with van der Waals surface area (Å²) in [6.45, 7) is 0. The van der Waals surface area contributed by atoms with Crippen LogP contribution in [0.15, 0.2) is 71.3 Å². The van der Waals surface area contributed by atoms with Gasteiger partial charge in [0.05, 0.1) is 45.0 Å². The van der Waals surface area contributed by atoms with Crippen LogP contribution in [-0.2, 0) is 24.7 Å². The van der Waals surface area contributed by atoms with Gasteiger partial charge >= 0.3 is 24.7 Å². The van der Waals surface area contributed by atoms with Gasteiger partial charge in [-0.3, -0.25) is 0 Å². The van der Waals surface area contributed by atoms with Crippen molar-refractivity contribution in [1.29, 1.82) is 21.0 Å². The van der Waals surface area contributed by atoms with Crippen LogP contribution in [-0.4, -0.2) is 14.1 Å². The Morgan fingerprint density at radius 2 is 0.821 bits per heavy atom. The molecule has 56 heavy (non-hydrogen) atoms. The van der Waals surface area contributed by atoms with Gasteiger partial charge in [0.2, 0.25) is 0 Å². The highest BCUT2D eigenvalue weighted by molar-refractivity contribution is 6.20. The minimum absolute atomic E-state index is 0.180. The number of anilines is 4. The number of benzene rings is 4. The molecule has 2 N–H and O–H groups in total. The van der Waals surface area contributed by atoms with Gasteiger partial charge in [-0.2, -0.15) is 73.7 Å². The molecule has 8 nitrogen and oxygen atoms in total. The molecule has 2 aliphatic heterocycles. The van der Waals surface area contributed by atoms with Crippen molar-refractivity contribution in [1.82, 2.24) is 0 Å². The lowest BCUT2D eigenvalue weighted by molar-refractivity contribution is -0.144. The van der Waals surface area contributed by atoms with E-state index in [0.29, 0.717) is 24.3 Å². The number of fused-ring (bicyclic) bond motifs is 3. The summed E-state index contributed by atoms with van der Waals surface area (Å²) in [7, 11) is 2.36. The third kappa shape index (κ3) is 6.15. The first kappa shape index (κ1) is 38.7. The number of alkyl halides is 12. The average Bonchev–Trinajstić information content (AvgIpc) is 3.60. The number of allylic oxidation sites excluding steroid dienone is 2. The van der Waals surface area contributed by atoms with Gasteiger partial charge in [-0.05, 0) is 58.3 Å². The van der Waals surface area contributed by atoms with Crippen LogP contribution in [0.5, 0.6) is 0 Å². The Kier molecular flexibility index (Phi) is 8.82.